The third kappa shape index (κ3) is 2.41. The quantitative estimate of drug-likeness (QED) is 0.756. The van der Waals surface area contributed by atoms with E-state index in [2.05, 4.69) is 4.98 Å². The summed E-state index contributed by atoms with van der Waals surface area (Å²) in [5.74, 6) is 0.0944. The molecule has 0 atom stereocenters. The van der Waals surface area contributed by atoms with Gasteiger partial charge in [0.1, 0.15) is 11.4 Å². The molecule has 0 aromatic carbocycles. The molecule has 82 valence electrons. The minimum Gasteiger partial charge on any atom is -0.494 e. The van der Waals surface area contributed by atoms with Crippen LogP contribution in [-0.2, 0) is 0 Å². The van der Waals surface area contributed by atoms with Crippen molar-refractivity contribution in [2.75, 3.05) is 7.11 Å². The van der Waals surface area contributed by atoms with Crippen LogP contribution >= 0.6 is 11.6 Å². The molecule has 6 heteroatoms. The molecule has 0 amide bonds. The van der Waals surface area contributed by atoms with E-state index >= 15 is 0 Å². The molecule has 0 fully saturated rings. The summed E-state index contributed by atoms with van der Waals surface area (Å²) in [4.78, 5) is 14.4. The Morgan fingerprint density at radius 1 is 1.60 bits per heavy atom. The standard InChI is InChI=1S/C9H8ClF2NO2/c1-4-3-5(15-2)7(8(10)14)13-6(4)9(11)12/h3,9H,1-2H3. The summed E-state index contributed by atoms with van der Waals surface area (Å²) in [6, 6.07) is 1.31. The van der Waals surface area contributed by atoms with Crippen LogP contribution in [0.2, 0.25) is 0 Å². The van der Waals surface area contributed by atoms with Crippen LogP contribution in [0.4, 0.5) is 8.78 Å². The zero-order valence-electron chi connectivity index (χ0n) is 8.05. The van der Waals surface area contributed by atoms with Crippen molar-refractivity contribution in [2.24, 2.45) is 0 Å². The van der Waals surface area contributed by atoms with Gasteiger partial charge in [0.05, 0.1) is 7.11 Å². The SMILES string of the molecule is COc1cc(C)c(C(F)F)nc1C(=O)Cl. The smallest absolute Gasteiger partial charge is 0.280 e. The van der Waals surface area contributed by atoms with Crippen LogP contribution < -0.4 is 4.74 Å². The van der Waals surface area contributed by atoms with Crippen molar-refractivity contribution in [2.45, 2.75) is 13.3 Å². The van der Waals surface area contributed by atoms with Gasteiger partial charge in [-0.05, 0) is 30.2 Å². The van der Waals surface area contributed by atoms with Crippen LogP contribution in [0.15, 0.2) is 6.07 Å². The zero-order chi connectivity index (χ0) is 11.6. The number of methoxy groups -OCH3 is 1. The summed E-state index contributed by atoms with van der Waals surface area (Å²) in [5.41, 5.74) is -0.497. The predicted molar refractivity (Wildman–Crippen MR) is 50.7 cm³/mol. The topological polar surface area (TPSA) is 39.2 Å². The monoisotopic (exact) mass is 235 g/mol. The van der Waals surface area contributed by atoms with Crippen molar-refractivity contribution >= 4 is 16.8 Å². The number of carbonyl (C=O) groups excluding carboxylic acids is 1. The maximum atomic E-state index is 12.4. The van der Waals surface area contributed by atoms with Crippen LogP contribution in [0, 0.1) is 6.92 Å². The average molecular weight is 236 g/mol. The van der Waals surface area contributed by atoms with E-state index in [1.807, 2.05) is 0 Å². The molecule has 0 radical (unpaired) electrons. The maximum Gasteiger partial charge on any atom is 0.280 e. The van der Waals surface area contributed by atoms with Crippen molar-refractivity contribution in [1.82, 2.24) is 4.98 Å². The second-order valence-corrected chi connectivity index (χ2v) is 3.16. The Morgan fingerprint density at radius 3 is 2.60 bits per heavy atom. The molecule has 1 aromatic rings. The van der Waals surface area contributed by atoms with Gasteiger partial charge in [0.2, 0.25) is 0 Å². The lowest BCUT2D eigenvalue weighted by Gasteiger charge is -2.09. The third-order valence-corrected chi connectivity index (χ3v) is 2.01. The van der Waals surface area contributed by atoms with Crippen LogP contribution in [-0.4, -0.2) is 17.3 Å². The summed E-state index contributed by atoms with van der Waals surface area (Å²) in [5, 5.41) is -0.922. The summed E-state index contributed by atoms with van der Waals surface area (Å²) in [6.07, 6.45) is -2.74. The Balaban J connectivity index is 3.37. The maximum absolute atomic E-state index is 12.4. The molecule has 0 saturated carbocycles. The van der Waals surface area contributed by atoms with Gasteiger partial charge in [-0.25, -0.2) is 13.8 Å². The van der Waals surface area contributed by atoms with Crippen molar-refractivity contribution < 1.29 is 18.3 Å². The number of rotatable bonds is 3. The van der Waals surface area contributed by atoms with E-state index in [0.29, 0.717) is 0 Å². The first kappa shape index (κ1) is 11.8. The second-order valence-electron chi connectivity index (χ2n) is 2.82. The molecule has 1 heterocycles. The van der Waals surface area contributed by atoms with Crippen LogP contribution in [0.1, 0.15) is 28.2 Å². The molecule has 0 spiro atoms. The third-order valence-electron chi connectivity index (χ3n) is 1.83. The Kier molecular flexibility index (Phi) is 3.57. The number of hydrogen-bond acceptors (Lipinski definition) is 3. The van der Waals surface area contributed by atoms with Gasteiger partial charge in [-0.3, -0.25) is 4.79 Å². The molecule has 15 heavy (non-hydrogen) atoms. The van der Waals surface area contributed by atoms with Gasteiger partial charge in [0, 0.05) is 0 Å². The molecule has 0 bridgehead atoms. The Morgan fingerprint density at radius 2 is 2.20 bits per heavy atom. The van der Waals surface area contributed by atoms with Gasteiger partial charge >= 0.3 is 0 Å². The van der Waals surface area contributed by atoms with E-state index in [0.717, 1.165) is 0 Å². The highest BCUT2D eigenvalue weighted by Gasteiger charge is 2.19. The summed E-state index contributed by atoms with van der Waals surface area (Å²) in [6.45, 7) is 1.46. The minimum absolute atomic E-state index is 0.0944. The number of alkyl halides is 2. The van der Waals surface area contributed by atoms with Crippen molar-refractivity contribution in [3.8, 4) is 5.75 Å². The van der Waals surface area contributed by atoms with Crippen LogP contribution in [0.5, 0.6) is 5.75 Å². The molecule has 1 aromatic heterocycles. The second kappa shape index (κ2) is 4.53. The van der Waals surface area contributed by atoms with Gasteiger partial charge in [-0.2, -0.15) is 0 Å². The van der Waals surface area contributed by atoms with E-state index in [1.54, 1.807) is 0 Å². The molecule has 0 unspecified atom stereocenters. The van der Waals surface area contributed by atoms with E-state index in [9.17, 15) is 13.6 Å². The number of halogens is 3. The van der Waals surface area contributed by atoms with E-state index in [1.165, 1.54) is 20.1 Å². The highest BCUT2D eigenvalue weighted by Crippen LogP contribution is 2.27. The fourth-order valence-corrected chi connectivity index (χ4v) is 1.26. The number of aromatic nitrogens is 1. The van der Waals surface area contributed by atoms with Gasteiger partial charge in [0.15, 0.2) is 5.69 Å². The molecule has 0 saturated heterocycles. The molecule has 0 aliphatic carbocycles. The first-order valence-electron chi connectivity index (χ1n) is 4.01. The molecule has 1 rings (SSSR count). The summed E-state index contributed by atoms with van der Waals surface area (Å²) in [7, 11) is 1.31. The summed E-state index contributed by atoms with van der Waals surface area (Å²) < 4.78 is 29.7. The molecule has 0 N–H and O–H groups in total. The van der Waals surface area contributed by atoms with Crippen molar-refractivity contribution in [3.63, 3.8) is 0 Å². The van der Waals surface area contributed by atoms with E-state index in [-0.39, 0.29) is 17.0 Å². The van der Waals surface area contributed by atoms with Gasteiger partial charge in [-0.1, -0.05) is 0 Å². The molecule has 0 aliphatic heterocycles. The van der Waals surface area contributed by atoms with Crippen molar-refractivity contribution in [1.29, 1.82) is 0 Å². The normalized spacial score (nSPS) is 10.5. The first-order chi connectivity index (χ1) is 6.97. The molecular formula is C9H8ClF2NO2. The van der Waals surface area contributed by atoms with Gasteiger partial charge in [-0.15, -0.1) is 0 Å². The number of ether oxygens (including phenoxy) is 1. The molecule has 3 nitrogen and oxygen atoms in total. The predicted octanol–water partition coefficient (Wildman–Crippen LogP) is 2.72. The highest BCUT2D eigenvalue weighted by molar-refractivity contribution is 6.67. The minimum atomic E-state index is -2.74. The Bertz CT molecular complexity index is 396. The number of pyridine rings is 1. The molecule has 0 aliphatic rings. The van der Waals surface area contributed by atoms with Gasteiger partial charge < -0.3 is 4.74 Å². The molecular weight excluding hydrogens is 228 g/mol. The lowest BCUT2D eigenvalue weighted by atomic mass is 10.2. The van der Waals surface area contributed by atoms with Crippen molar-refractivity contribution in [3.05, 3.63) is 23.0 Å². The fraction of sp³-hybridized carbons (Fsp3) is 0.333. The Labute approximate surface area is 90.0 Å². The fourth-order valence-electron chi connectivity index (χ4n) is 1.12. The highest BCUT2D eigenvalue weighted by atomic mass is 35.5. The summed E-state index contributed by atoms with van der Waals surface area (Å²) >= 11 is 5.19. The number of aryl methyl sites for hydroxylation is 1. The van der Waals surface area contributed by atoms with Gasteiger partial charge in [0.25, 0.3) is 11.7 Å². The Hall–Kier alpha value is -1.23. The van der Waals surface area contributed by atoms with E-state index in [4.69, 9.17) is 16.3 Å². The van der Waals surface area contributed by atoms with Crippen LogP contribution in [0.3, 0.4) is 0 Å². The van der Waals surface area contributed by atoms with Crippen LogP contribution in [0.25, 0.3) is 0 Å². The average Bonchev–Trinajstić information content (AvgIpc) is 2.16. The first-order valence-corrected chi connectivity index (χ1v) is 4.38. The lowest BCUT2D eigenvalue weighted by Crippen LogP contribution is -2.05. The number of nitrogens with zero attached hydrogens (tertiary/aromatic N) is 1. The number of carbonyl (C=O) groups is 1. The van der Waals surface area contributed by atoms with E-state index < -0.39 is 17.4 Å². The number of hydrogen-bond donors (Lipinski definition) is 0. The lowest BCUT2D eigenvalue weighted by molar-refractivity contribution is 0.107. The largest absolute Gasteiger partial charge is 0.494 e. The zero-order valence-corrected chi connectivity index (χ0v) is 8.81.